The van der Waals surface area contributed by atoms with E-state index in [0.29, 0.717) is 29.8 Å². The Morgan fingerprint density at radius 1 is 0.733 bits per heavy atom. The van der Waals surface area contributed by atoms with Crippen molar-refractivity contribution in [1.82, 2.24) is 15.1 Å². The molecule has 3 amide bonds. The van der Waals surface area contributed by atoms with Crippen molar-refractivity contribution in [3.63, 3.8) is 0 Å². The van der Waals surface area contributed by atoms with E-state index in [-0.39, 0.29) is 30.8 Å². The van der Waals surface area contributed by atoms with Gasteiger partial charge in [-0.05, 0) is 18.9 Å². The molecule has 0 radical (unpaired) electrons. The van der Waals surface area contributed by atoms with Crippen molar-refractivity contribution >= 4 is 23.5 Å². The highest BCUT2D eigenvalue weighted by Crippen LogP contribution is 2.19. The molecule has 0 aromatic heterocycles. The normalized spacial score (nSPS) is 16.1. The van der Waals surface area contributed by atoms with Crippen LogP contribution in [-0.2, 0) is 9.59 Å². The van der Waals surface area contributed by atoms with Crippen LogP contribution in [0.2, 0.25) is 0 Å². The Balaban J connectivity index is 1.43. The van der Waals surface area contributed by atoms with Gasteiger partial charge in [-0.1, -0.05) is 48.5 Å². The molecule has 154 valence electrons. The van der Waals surface area contributed by atoms with E-state index in [2.05, 4.69) is 5.32 Å². The highest BCUT2D eigenvalue weighted by molar-refractivity contribution is 6.35. The molecule has 1 N–H and O–H groups in total. The summed E-state index contributed by atoms with van der Waals surface area (Å²) in [5, 5.41) is 2.70. The average molecular weight is 405 g/mol. The third-order valence-electron chi connectivity index (χ3n) is 5.40. The highest BCUT2D eigenvalue weighted by atomic mass is 16.2. The first-order valence-corrected chi connectivity index (χ1v) is 10.1. The fourth-order valence-electron chi connectivity index (χ4n) is 3.51. The van der Waals surface area contributed by atoms with Crippen LogP contribution < -0.4 is 5.32 Å². The summed E-state index contributed by atoms with van der Waals surface area (Å²) in [6.07, 6.45) is 1.84. The maximum Gasteiger partial charge on any atom is 0.312 e. The van der Waals surface area contributed by atoms with Gasteiger partial charge in [0.05, 0.1) is 5.56 Å². The molecule has 2 fully saturated rings. The molecule has 2 aromatic rings. The quantitative estimate of drug-likeness (QED) is 0.617. The Morgan fingerprint density at radius 3 is 1.93 bits per heavy atom. The zero-order chi connectivity index (χ0) is 21.1. The summed E-state index contributed by atoms with van der Waals surface area (Å²) in [6, 6.07) is 15.8. The van der Waals surface area contributed by atoms with Gasteiger partial charge in [-0.25, -0.2) is 0 Å². The van der Waals surface area contributed by atoms with Crippen LogP contribution in [0.25, 0.3) is 0 Å². The Hall–Kier alpha value is -3.48. The van der Waals surface area contributed by atoms with Crippen molar-refractivity contribution in [2.75, 3.05) is 26.2 Å². The number of carbonyl (C=O) groups is 4. The van der Waals surface area contributed by atoms with Crippen LogP contribution in [0.4, 0.5) is 0 Å². The van der Waals surface area contributed by atoms with Gasteiger partial charge in [0, 0.05) is 43.3 Å². The first kappa shape index (κ1) is 19.8. The molecule has 1 aliphatic carbocycles. The number of carbonyl (C=O) groups excluding carboxylic acids is 4. The van der Waals surface area contributed by atoms with Crippen molar-refractivity contribution in [3.05, 3.63) is 71.3 Å². The molecule has 1 aliphatic heterocycles. The number of nitrogens with one attached hydrogen (secondary N) is 1. The standard InChI is InChI=1S/C23H23N3O4/c27-20(16-6-2-1-3-7-16)18-8-4-5-9-19(18)22(29)25-12-14-26(15-13-25)23(30)21(28)24-17-10-11-17/h1-9,17H,10-15H2,(H,24,28). The summed E-state index contributed by atoms with van der Waals surface area (Å²) in [4.78, 5) is 53.3. The molecular formula is C23H23N3O4. The van der Waals surface area contributed by atoms with Gasteiger partial charge < -0.3 is 15.1 Å². The fourth-order valence-corrected chi connectivity index (χ4v) is 3.51. The second-order valence-electron chi connectivity index (χ2n) is 7.57. The number of nitrogens with zero attached hydrogens (tertiary/aromatic N) is 2. The largest absolute Gasteiger partial charge is 0.345 e. The van der Waals surface area contributed by atoms with Gasteiger partial charge in [0.2, 0.25) is 0 Å². The third-order valence-corrected chi connectivity index (χ3v) is 5.40. The zero-order valence-electron chi connectivity index (χ0n) is 16.5. The van der Waals surface area contributed by atoms with Crippen LogP contribution in [0.1, 0.15) is 39.1 Å². The predicted molar refractivity (Wildman–Crippen MR) is 110 cm³/mol. The minimum Gasteiger partial charge on any atom is -0.345 e. The molecule has 1 saturated carbocycles. The van der Waals surface area contributed by atoms with Crippen molar-refractivity contribution in [2.45, 2.75) is 18.9 Å². The summed E-state index contributed by atoms with van der Waals surface area (Å²) < 4.78 is 0. The molecule has 1 heterocycles. The molecule has 4 rings (SSSR count). The van der Waals surface area contributed by atoms with E-state index in [1.807, 2.05) is 6.07 Å². The van der Waals surface area contributed by atoms with Gasteiger partial charge in [-0.2, -0.15) is 0 Å². The van der Waals surface area contributed by atoms with Crippen LogP contribution in [0.15, 0.2) is 54.6 Å². The van der Waals surface area contributed by atoms with Crippen LogP contribution in [-0.4, -0.2) is 65.5 Å². The van der Waals surface area contributed by atoms with Crippen molar-refractivity contribution in [3.8, 4) is 0 Å². The van der Waals surface area contributed by atoms with E-state index in [4.69, 9.17) is 0 Å². The van der Waals surface area contributed by atoms with Gasteiger partial charge >= 0.3 is 11.8 Å². The van der Waals surface area contributed by atoms with Crippen LogP contribution in [0, 0.1) is 0 Å². The van der Waals surface area contributed by atoms with Crippen molar-refractivity contribution in [2.24, 2.45) is 0 Å². The van der Waals surface area contributed by atoms with E-state index in [1.54, 1.807) is 53.4 Å². The summed E-state index contributed by atoms with van der Waals surface area (Å²) in [5.74, 6) is -1.57. The minimum absolute atomic E-state index is 0.128. The molecule has 30 heavy (non-hydrogen) atoms. The molecular weight excluding hydrogens is 382 g/mol. The Labute approximate surface area is 174 Å². The second-order valence-corrected chi connectivity index (χ2v) is 7.57. The van der Waals surface area contributed by atoms with E-state index in [9.17, 15) is 19.2 Å². The lowest BCUT2D eigenvalue weighted by molar-refractivity contribution is -0.146. The molecule has 0 bridgehead atoms. The van der Waals surface area contributed by atoms with E-state index in [0.717, 1.165) is 12.8 Å². The number of rotatable bonds is 4. The van der Waals surface area contributed by atoms with Crippen LogP contribution in [0.5, 0.6) is 0 Å². The van der Waals surface area contributed by atoms with E-state index < -0.39 is 11.8 Å². The van der Waals surface area contributed by atoms with Gasteiger partial charge in [0.25, 0.3) is 5.91 Å². The topological polar surface area (TPSA) is 86.8 Å². The average Bonchev–Trinajstić information content (AvgIpc) is 3.62. The lowest BCUT2D eigenvalue weighted by atomic mass is 9.97. The SMILES string of the molecule is O=C(NC1CC1)C(=O)N1CCN(C(=O)c2ccccc2C(=O)c2ccccc2)CC1. The van der Waals surface area contributed by atoms with Gasteiger partial charge in [0.1, 0.15) is 0 Å². The number of piperazine rings is 1. The van der Waals surface area contributed by atoms with Crippen molar-refractivity contribution < 1.29 is 19.2 Å². The summed E-state index contributed by atoms with van der Waals surface area (Å²) in [5.41, 5.74) is 1.23. The number of hydrogen-bond donors (Lipinski definition) is 1. The molecule has 0 unspecified atom stereocenters. The fraction of sp³-hybridized carbons (Fsp3) is 0.304. The van der Waals surface area contributed by atoms with E-state index in [1.165, 1.54) is 4.90 Å². The molecule has 0 atom stereocenters. The predicted octanol–water partition coefficient (Wildman–Crippen LogP) is 1.48. The summed E-state index contributed by atoms with van der Waals surface area (Å²) in [7, 11) is 0. The molecule has 1 saturated heterocycles. The lowest BCUT2D eigenvalue weighted by Gasteiger charge is -2.34. The van der Waals surface area contributed by atoms with Gasteiger partial charge in [-0.15, -0.1) is 0 Å². The first-order valence-electron chi connectivity index (χ1n) is 10.1. The van der Waals surface area contributed by atoms with Crippen molar-refractivity contribution in [1.29, 1.82) is 0 Å². The Bertz CT molecular complexity index is 977. The van der Waals surface area contributed by atoms with Crippen LogP contribution in [0.3, 0.4) is 0 Å². The highest BCUT2D eigenvalue weighted by Gasteiger charge is 2.32. The van der Waals surface area contributed by atoms with Gasteiger partial charge in [-0.3, -0.25) is 19.2 Å². The minimum atomic E-state index is -0.573. The Kier molecular flexibility index (Phi) is 5.61. The monoisotopic (exact) mass is 405 g/mol. The number of ketones is 1. The number of benzene rings is 2. The molecule has 0 spiro atoms. The smallest absolute Gasteiger partial charge is 0.312 e. The molecule has 2 aromatic carbocycles. The number of amides is 3. The van der Waals surface area contributed by atoms with Crippen LogP contribution >= 0.6 is 0 Å². The number of hydrogen-bond acceptors (Lipinski definition) is 4. The zero-order valence-corrected chi connectivity index (χ0v) is 16.5. The maximum atomic E-state index is 13.1. The first-order chi connectivity index (χ1) is 14.5. The third kappa shape index (κ3) is 4.25. The molecule has 2 aliphatic rings. The maximum absolute atomic E-state index is 13.1. The molecule has 7 nitrogen and oxygen atoms in total. The summed E-state index contributed by atoms with van der Waals surface area (Å²) >= 11 is 0. The molecule has 7 heteroatoms. The Morgan fingerprint density at radius 2 is 1.30 bits per heavy atom. The van der Waals surface area contributed by atoms with Gasteiger partial charge in [0.15, 0.2) is 5.78 Å². The lowest BCUT2D eigenvalue weighted by Crippen LogP contribution is -2.54. The second kappa shape index (κ2) is 8.49. The summed E-state index contributed by atoms with van der Waals surface area (Å²) in [6.45, 7) is 1.21. The van der Waals surface area contributed by atoms with E-state index >= 15 is 0 Å².